The minimum atomic E-state index is -3.95. The molecule has 2 aromatic carbocycles. The second-order valence-electron chi connectivity index (χ2n) is 6.40. The zero-order valence-corrected chi connectivity index (χ0v) is 16.3. The van der Waals surface area contributed by atoms with Crippen LogP contribution in [0.4, 0.5) is 11.4 Å². The molecule has 0 radical (unpaired) electrons. The number of nitro groups is 1. The molecule has 0 spiro atoms. The van der Waals surface area contributed by atoms with E-state index in [-0.39, 0.29) is 21.3 Å². The molecule has 158 valence electrons. The Hall–Kier alpha value is -3.71. The molecule has 13 heteroatoms. The molecule has 0 unspecified atom stereocenters. The van der Waals surface area contributed by atoms with Gasteiger partial charge < -0.3 is 15.4 Å². The monoisotopic (exact) mass is 435 g/mol. The maximum absolute atomic E-state index is 12.7. The van der Waals surface area contributed by atoms with Gasteiger partial charge in [-0.1, -0.05) is 30.3 Å². The van der Waals surface area contributed by atoms with Gasteiger partial charge in [0.15, 0.2) is 0 Å². The van der Waals surface area contributed by atoms with Crippen molar-refractivity contribution in [3.8, 4) is 0 Å². The number of H-pyrrole nitrogens is 1. The number of hydrogen-bond acceptors (Lipinski definition) is 8. The number of aromatic nitrogens is 2. The highest BCUT2D eigenvalue weighted by Gasteiger charge is 2.22. The predicted molar refractivity (Wildman–Crippen MR) is 110 cm³/mol. The first-order chi connectivity index (χ1) is 14.1. The lowest BCUT2D eigenvalue weighted by Crippen LogP contribution is -2.43. The van der Waals surface area contributed by atoms with Gasteiger partial charge in [0.05, 0.1) is 34.7 Å². The van der Waals surface area contributed by atoms with Crippen molar-refractivity contribution in [3.63, 3.8) is 0 Å². The molecule has 1 atom stereocenters. The number of nitro benzene ring substituents is 1. The van der Waals surface area contributed by atoms with E-state index in [4.69, 9.17) is 0 Å². The molecule has 0 aliphatic heterocycles. The van der Waals surface area contributed by atoms with Crippen molar-refractivity contribution >= 4 is 32.3 Å². The minimum Gasteiger partial charge on any atom is -0.394 e. The van der Waals surface area contributed by atoms with Crippen LogP contribution in [0.15, 0.2) is 52.1 Å². The summed E-state index contributed by atoms with van der Waals surface area (Å²) >= 11 is 0. The molecular weight excluding hydrogens is 418 g/mol. The Labute approximate surface area is 169 Å². The number of aliphatic hydroxyl groups excluding tert-OH is 1. The van der Waals surface area contributed by atoms with Gasteiger partial charge in [-0.25, -0.2) is 18.0 Å². The molecule has 0 saturated heterocycles. The number of nitrogens with one attached hydrogen (secondary N) is 3. The zero-order chi connectivity index (χ0) is 22.1. The highest BCUT2D eigenvalue weighted by Crippen LogP contribution is 2.31. The number of benzene rings is 2. The van der Waals surface area contributed by atoms with Crippen LogP contribution < -0.4 is 21.4 Å². The van der Waals surface area contributed by atoms with E-state index < -0.39 is 44.5 Å². The number of sulfonamides is 1. The van der Waals surface area contributed by atoms with E-state index in [1.165, 1.54) is 0 Å². The van der Waals surface area contributed by atoms with E-state index >= 15 is 0 Å². The molecule has 0 saturated carbocycles. The largest absolute Gasteiger partial charge is 0.394 e. The number of anilines is 1. The van der Waals surface area contributed by atoms with Crippen molar-refractivity contribution < 1.29 is 18.4 Å². The molecule has 0 amide bonds. The van der Waals surface area contributed by atoms with E-state index in [1.54, 1.807) is 35.2 Å². The van der Waals surface area contributed by atoms with Gasteiger partial charge in [0.1, 0.15) is 5.69 Å². The lowest BCUT2D eigenvalue weighted by atomic mass is 10.1. The van der Waals surface area contributed by atoms with Crippen LogP contribution in [0.25, 0.3) is 10.9 Å². The summed E-state index contributed by atoms with van der Waals surface area (Å²) in [5.74, 6) is 0. The van der Waals surface area contributed by atoms with Gasteiger partial charge >= 0.3 is 5.69 Å². The summed E-state index contributed by atoms with van der Waals surface area (Å²) in [7, 11) is -3.95. The van der Waals surface area contributed by atoms with Crippen molar-refractivity contribution in [2.75, 3.05) is 23.0 Å². The van der Waals surface area contributed by atoms with Crippen LogP contribution in [0, 0.1) is 10.1 Å². The normalized spacial score (nSPS) is 12.5. The molecule has 3 aromatic rings. The SMILES string of the molecule is CS(=O)(=O)Nn1c(=O)[nH]c2cc([N+](=O)[O-])c(N[C@H](CO)c3ccccc3)cc2c1=O. The first-order valence-corrected chi connectivity index (χ1v) is 10.4. The van der Waals surface area contributed by atoms with E-state index in [1.807, 2.05) is 0 Å². The van der Waals surface area contributed by atoms with Crippen molar-refractivity contribution in [3.05, 3.63) is 79.0 Å². The van der Waals surface area contributed by atoms with E-state index in [0.717, 1.165) is 18.4 Å². The highest BCUT2D eigenvalue weighted by molar-refractivity contribution is 7.91. The molecular formula is C17H17N5O7S. The lowest BCUT2D eigenvalue weighted by Gasteiger charge is -2.18. The van der Waals surface area contributed by atoms with E-state index in [9.17, 15) is 33.2 Å². The Morgan fingerprint density at radius 2 is 1.90 bits per heavy atom. The Kier molecular flexibility index (Phi) is 5.58. The summed E-state index contributed by atoms with van der Waals surface area (Å²) in [4.78, 5) is 39.6. The topological polar surface area (TPSA) is 176 Å². The maximum Gasteiger partial charge on any atom is 0.348 e. The summed E-state index contributed by atoms with van der Waals surface area (Å²) < 4.78 is 23.1. The third kappa shape index (κ3) is 4.31. The molecule has 0 bridgehead atoms. The van der Waals surface area contributed by atoms with Gasteiger partial charge in [-0.2, -0.15) is 4.68 Å². The number of nitrogens with zero attached hydrogens (tertiary/aromatic N) is 2. The first kappa shape index (κ1) is 21.0. The van der Waals surface area contributed by atoms with Crippen LogP contribution in [-0.4, -0.2) is 41.0 Å². The second-order valence-corrected chi connectivity index (χ2v) is 8.12. The summed E-state index contributed by atoms with van der Waals surface area (Å²) in [5, 5.41) is 23.9. The molecule has 12 nitrogen and oxygen atoms in total. The molecule has 0 aliphatic carbocycles. The summed E-state index contributed by atoms with van der Waals surface area (Å²) in [6, 6.07) is 10.0. The van der Waals surface area contributed by atoms with Gasteiger partial charge in [0.25, 0.3) is 11.2 Å². The van der Waals surface area contributed by atoms with Crippen molar-refractivity contribution in [2.24, 2.45) is 0 Å². The average molecular weight is 435 g/mol. The maximum atomic E-state index is 12.7. The predicted octanol–water partition coefficient (Wildman–Crippen LogP) is 0.247. The van der Waals surface area contributed by atoms with Crippen LogP contribution >= 0.6 is 0 Å². The third-order valence-corrected chi connectivity index (χ3v) is 4.70. The molecule has 0 fully saturated rings. The number of hydrogen-bond donors (Lipinski definition) is 4. The Morgan fingerprint density at radius 1 is 1.23 bits per heavy atom. The summed E-state index contributed by atoms with van der Waals surface area (Å²) in [6.45, 7) is -0.398. The molecule has 3 rings (SSSR count). The van der Waals surface area contributed by atoms with Gasteiger partial charge in [-0.3, -0.25) is 14.9 Å². The van der Waals surface area contributed by atoms with Gasteiger partial charge in [0.2, 0.25) is 10.0 Å². The third-order valence-electron chi connectivity index (χ3n) is 4.18. The smallest absolute Gasteiger partial charge is 0.348 e. The van der Waals surface area contributed by atoms with Crippen LogP contribution in [0.2, 0.25) is 0 Å². The highest BCUT2D eigenvalue weighted by atomic mass is 32.2. The fourth-order valence-corrected chi connectivity index (χ4v) is 3.37. The fourth-order valence-electron chi connectivity index (χ4n) is 2.88. The fraction of sp³-hybridized carbons (Fsp3) is 0.176. The summed E-state index contributed by atoms with van der Waals surface area (Å²) in [6.07, 6.45) is 0.762. The van der Waals surface area contributed by atoms with E-state index in [2.05, 4.69) is 10.3 Å². The van der Waals surface area contributed by atoms with E-state index in [0.29, 0.717) is 5.56 Å². The second kappa shape index (κ2) is 7.96. The van der Waals surface area contributed by atoms with Crippen LogP contribution in [0.5, 0.6) is 0 Å². The minimum absolute atomic E-state index is 0.0922. The number of aromatic amines is 1. The van der Waals surface area contributed by atoms with Crippen LogP contribution in [0.3, 0.4) is 0 Å². The van der Waals surface area contributed by atoms with Gasteiger partial charge in [0, 0.05) is 6.07 Å². The average Bonchev–Trinajstić information content (AvgIpc) is 2.69. The summed E-state index contributed by atoms with van der Waals surface area (Å²) in [5.41, 5.74) is -2.16. The standard InChI is InChI=1S/C17H17N5O7S/c1-30(28,29)20-21-16(24)11-7-13(15(22(26)27)8-12(11)19-17(21)25)18-14(9-23)10-5-3-2-4-6-10/h2-8,14,18,20,23H,9H2,1H3,(H,19,25)/t14-/m1/s1. The molecule has 30 heavy (non-hydrogen) atoms. The zero-order valence-electron chi connectivity index (χ0n) is 15.5. The van der Waals surface area contributed by atoms with Gasteiger partial charge in [-0.15, -0.1) is 0 Å². The molecule has 1 heterocycles. The quantitative estimate of drug-likeness (QED) is 0.301. The molecule has 0 aliphatic rings. The van der Waals surface area contributed by atoms with Crippen molar-refractivity contribution in [1.82, 2.24) is 9.66 Å². The number of rotatable bonds is 7. The van der Waals surface area contributed by atoms with Crippen molar-refractivity contribution in [2.45, 2.75) is 6.04 Å². The van der Waals surface area contributed by atoms with Crippen LogP contribution in [-0.2, 0) is 10.0 Å². The van der Waals surface area contributed by atoms with Gasteiger partial charge in [-0.05, 0) is 11.6 Å². The number of aliphatic hydroxyl groups is 1. The number of fused-ring (bicyclic) bond motifs is 1. The Morgan fingerprint density at radius 3 is 2.47 bits per heavy atom. The first-order valence-electron chi connectivity index (χ1n) is 8.48. The molecule has 1 aromatic heterocycles. The van der Waals surface area contributed by atoms with Crippen molar-refractivity contribution in [1.29, 1.82) is 0 Å². The Bertz CT molecular complexity index is 1330. The molecule has 4 N–H and O–H groups in total. The van der Waals surface area contributed by atoms with Crippen LogP contribution in [0.1, 0.15) is 11.6 Å². The Balaban J connectivity index is 2.20. The lowest BCUT2D eigenvalue weighted by molar-refractivity contribution is -0.383.